The predicted molar refractivity (Wildman–Crippen MR) is 99.3 cm³/mol. The molecule has 0 fully saturated rings. The van der Waals surface area contributed by atoms with Crippen molar-refractivity contribution in [2.45, 2.75) is 58.4 Å². The molecule has 1 rings (SSSR count). The van der Waals surface area contributed by atoms with E-state index >= 15 is 0 Å². The highest BCUT2D eigenvalue weighted by Gasteiger charge is 2.28. The molecule has 3 N–H and O–H groups in total. The Labute approximate surface area is 163 Å². The molecule has 0 aliphatic carbocycles. The lowest BCUT2D eigenvalue weighted by molar-refractivity contribution is -0.158. The molecule has 0 radical (unpaired) electrons. The molecule has 0 heterocycles. The van der Waals surface area contributed by atoms with E-state index in [4.69, 9.17) is 9.47 Å². The van der Waals surface area contributed by atoms with Crippen molar-refractivity contribution in [2.24, 2.45) is 0 Å². The molecular weight excluding hydrogens is 368 g/mol. The standard InChI is InChI=1S/C19H26N2O7/c1-12(20-18(26)27-11-13-8-6-5-7-9-13)16(23)21-14(17(24)25)10-15(22)28-19(2,3)4/h5-9,12,14H,10-11H2,1-4H3,(H,20,26)(H,21,23)(H,24,25)/t12-,14-/m1/s1. The lowest BCUT2D eigenvalue weighted by Gasteiger charge is -2.22. The summed E-state index contributed by atoms with van der Waals surface area (Å²) < 4.78 is 10.1. The van der Waals surface area contributed by atoms with Gasteiger partial charge in [0.25, 0.3) is 0 Å². The second-order valence-electron chi connectivity index (χ2n) is 7.12. The predicted octanol–water partition coefficient (Wildman–Crippen LogP) is 1.60. The van der Waals surface area contributed by atoms with E-state index in [0.29, 0.717) is 0 Å². The molecule has 1 aromatic carbocycles. The Kier molecular flexibility index (Phi) is 8.43. The average Bonchev–Trinajstić information content (AvgIpc) is 2.58. The fourth-order valence-electron chi connectivity index (χ4n) is 2.05. The summed E-state index contributed by atoms with van der Waals surface area (Å²) in [6, 6.07) is 6.42. The Bertz CT molecular complexity index is 698. The van der Waals surface area contributed by atoms with Crippen LogP contribution in [0.2, 0.25) is 0 Å². The van der Waals surface area contributed by atoms with Crippen molar-refractivity contribution < 1.29 is 33.8 Å². The molecule has 2 atom stereocenters. The molecule has 0 aliphatic rings. The molecule has 9 nitrogen and oxygen atoms in total. The van der Waals surface area contributed by atoms with Crippen molar-refractivity contribution >= 4 is 23.9 Å². The van der Waals surface area contributed by atoms with Crippen molar-refractivity contribution in [3.63, 3.8) is 0 Å². The van der Waals surface area contributed by atoms with E-state index in [1.54, 1.807) is 45.0 Å². The van der Waals surface area contributed by atoms with Gasteiger partial charge >= 0.3 is 18.0 Å². The van der Waals surface area contributed by atoms with Crippen LogP contribution in [0.1, 0.15) is 39.7 Å². The zero-order valence-corrected chi connectivity index (χ0v) is 16.4. The van der Waals surface area contributed by atoms with Gasteiger partial charge in [0.05, 0.1) is 6.42 Å². The monoisotopic (exact) mass is 394 g/mol. The smallest absolute Gasteiger partial charge is 0.408 e. The van der Waals surface area contributed by atoms with Crippen LogP contribution in [0, 0.1) is 0 Å². The molecular formula is C19H26N2O7. The van der Waals surface area contributed by atoms with Crippen LogP contribution >= 0.6 is 0 Å². The molecule has 0 aliphatic heterocycles. The van der Waals surface area contributed by atoms with Gasteiger partial charge in [0.15, 0.2) is 0 Å². The zero-order chi connectivity index (χ0) is 21.3. The van der Waals surface area contributed by atoms with Gasteiger partial charge in [-0.1, -0.05) is 30.3 Å². The zero-order valence-electron chi connectivity index (χ0n) is 16.4. The van der Waals surface area contributed by atoms with Gasteiger partial charge in [-0.2, -0.15) is 0 Å². The number of carboxylic acids is 1. The average molecular weight is 394 g/mol. The van der Waals surface area contributed by atoms with Gasteiger partial charge in [0, 0.05) is 0 Å². The minimum atomic E-state index is -1.48. The van der Waals surface area contributed by atoms with Gasteiger partial charge in [0.2, 0.25) is 5.91 Å². The first-order chi connectivity index (χ1) is 13.0. The van der Waals surface area contributed by atoms with Gasteiger partial charge < -0.3 is 25.2 Å². The number of aliphatic carboxylic acids is 1. The van der Waals surface area contributed by atoms with E-state index in [2.05, 4.69) is 10.6 Å². The molecule has 154 valence electrons. The molecule has 0 aromatic heterocycles. The second kappa shape index (κ2) is 10.3. The minimum Gasteiger partial charge on any atom is -0.480 e. The molecule has 28 heavy (non-hydrogen) atoms. The summed E-state index contributed by atoms with van der Waals surface area (Å²) in [6.07, 6.45) is -1.37. The van der Waals surface area contributed by atoms with Crippen molar-refractivity contribution in [1.82, 2.24) is 10.6 Å². The maximum atomic E-state index is 12.1. The molecule has 0 spiro atoms. The third-order valence-electron chi connectivity index (χ3n) is 3.35. The minimum absolute atomic E-state index is 0.0252. The van der Waals surface area contributed by atoms with E-state index in [1.807, 2.05) is 6.07 Å². The van der Waals surface area contributed by atoms with Crippen LogP contribution < -0.4 is 10.6 Å². The van der Waals surface area contributed by atoms with E-state index in [0.717, 1.165) is 5.56 Å². The number of benzene rings is 1. The Morgan fingerprint density at radius 1 is 1.07 bits per heavy atom. The molecule has 9 heteroatoms. The number of ether oxygens (including phenoxy) is 2. The third kappa shape index (κ3) is 9.02. The SMILES string of the molecule is C[C@@H](NC(=O)OCc1ccccc1)C(=O)N[C@H](CC(=O)OC(C)(C)C)C(=O)O. The summed E-state index contributed by atoms with van der Waals surface area (Å²) in [5.74, 6) is -2.92. The summed E-state index contributed by atoms with van der Waals surface area (Å²) >= 11 is 0. The molecule has 0 saturated carbocycles. The Morgan fingerprint density at radius 2 is 1.68 bits per heavy atom. The Hall–Kier alpha value is -3.10. The maximum absolute atomic E-state index is 12.1. The largest absolute Gasteiger partial charge is 0.480 e. The van der Waals surface area contributed by atoms with Gasteiger partial charge in [-0.05, 0) is 33.3 Å². The highest BCUT2D eigenvalue weighted by Crippen LogP contribution is 2.09. The van der Waals surface area contributed by atoms with Crippen LogP contribution in [-0.4, -0.2) is 46.7 Å². The van der Waals surface area contributed by atoms with Gasteiger partial charge in [-0.3, -0.25) is 9.59 Å². The Morgan fingerprint density at radius 3 is 2.21 bits per heavy atom. The van der Waals surface area contributed by atoms with E-state index in [9.17, 15) is 24.3 Å². The number of hydrogen-bond acceptors (Lipinski definition) is 6. The third-order valence-corrected chi connectivity index (χ3v) is 3.35. The molecule has 1 aromatic rings. The summed E-state index contributed by atoms with van der Waals surface area (Å²) in [7, 11) is 0. The normalized spacial score (nSPS) is 13.0. The van der Waals surface area contributed by atoms with Gasteiger partial charge in [0.1, 0.15) is 24.3 Å². The van der Waals surface area contributed by atoms with E-state index < -0.39 is 48.0 Å². The number of carbonyl (C=O) groups is 4. The van der Waals surface area contributed by atoms with Gasteiger partial charge in [-0.25, -0.2) is 9.59 Å². The molecule has 0 unspecified atom stereocenters. The molecule has 0 bridgehead atoms. The van der Waals surface area contributed by atoms with Crippen LogP contribution in [-0.2, 0) is 30.5 Å². The van der Waals surface area contributed by atoms with Crippen LogP contribution in [0.5, 0.6) is 0 Å². The number of carbonyl (C=O) groups excluding carboxylic acids is 3. The van der Waals surface area contributed by atoms with Crippen LogP contribution in [0.15, 0.2) is 30.3 Å². The molecule has 2 amide bonds. The topological polar surface area (TPSA) is 131 Å². The summed E-state index contributed by atoms with van der Waals surface area (Å²) in [5.41, 5.74) is -0.000307. The maximum Gasteiger partial charge on any atom is 0.408 e. The number of amides is 2. The first-order valence-corrected chi connectivity index (χ1v) is 8.70. The van der Waals surface area contributed by atoms with Crippen LogP contribution in [0.25, 0.3) is 0 Å². The quantitative estimate of drug-likeness (QED) is 0.571. The fraction of sp³-hybridized carbons (Fsp3) is 0.474. The first-order valence-electron chi connectivity index (χ1n) is 8.70. The number of rotatable bonds is 8. The number of nitrogens with one attached hydrogen (secondary N) is 2. The lowest BCUT2D eigenvalue weighted by atomic mass is 10.1. The fourth-order valence-corrected chi connectivity index (χ4v) is 2.05. The number of esters is 1. The summed E-state index contributed by atoms with van der Waals surface area (Å²) in [4.78, 5) is 47.0. The van der Waals surface area contributed by atoms with Crippen molar-refractivity contribution in [3.05, 3.63) is 35.9 Å². The molecule has 0 saturated heterocycles. The summed E-state index contributed by atoms with van der Waals surface area (Å²) in [6.45, 7) is 6.33. The van der Waals surface area contributed by atoms with Crippen molar-refractivity contribution in [3.8, 4) is 0 Å². The lowest BCUT2D eigenvalue weighted by Crippen LogP contribution is -2.51. The Balaban J connectivity index is 2.51. The van der Waals surface area contributed by atoms with Crippen LogP contribution in [0.3, 0.4) is 0 Å². The van der Waals surface area contributed by atoms with Crippen LogP contribution in [0.4, 0.5) is 4.79 Å². The van der Waals surface area contributed by atoms with Gasteiger partial charge in [-0.15, -0.1) is 0 Å². The van der Waals surface area contributed by atoms with E-state index in [1.165, 1.54) is 6.92 Å². The summed E-state index contributed by atoms with van der Waals surface area (Å²) in [5, 5.41) is 13.7. The number of carboxylic acid groups (broad SMARTS) is 1. The van der Waals surface area contributed by atoms with E-state index in [-0.39, 0.29) is 6.61 Å². The van der Waals surface area contributed by atoms with Crippen molar-refractivity contribution in [2.75, 3.05) is 0 Å². The first kappa shape index (κ1) is 22.9. The highest BCUT2D eigenvalue weighted by atomic mass is 16.6. The number of alkyl carbamates (subject to hydrolysis) is 1. The number of hydrogen-bond donors (Lipinski definition) is 3. The highest BCUT2D eigenvalue weighted by molar-refractivity contribution is 5.90. The van der Waals surface area contributed by atoms with Crippen molar-refractivity contribution in [1.29, 1.82) is 0 Å². The second-order valence-corrected chi connectivity index (χ2v) is 7.12.